The lowest BCUT2D eigenvalue weighted by atomic mass is 10.1. The van der Waals surface area contributed by atoms with Crippen molar-refractivity contribution in [1.82, 2.24) is 0 Å². The molecule has 0 spiro atoms. The second-order valence-electron chi connectivity index (χ2n) is 5.00. The maximum atomic E-state index is 12.1. The normalized spacial score (nSPS) is 9.91. The van der Waals surface area contributed by atoms with Crippen LogP contribution in [0.5, 0.6) is 0 Å². The summed E-state index contributed by atoms with van der Waals surface area (Å²) in [6.45, 7) is 3.90. The van der Waals surface area contributed by atoms with Crippen molar-refractivity contribution in [2.45, 2.75) is 13.8 Å². The average Bonchev–Trinajstić information content (AvgIpc) is 2.49. The fourth-order valence-corrected chi connectivity index (χ4v) is 2.54. The number of carbonyl (C=O) groups excluding carboxylic acids is 1. The second kappa shape index (κ2) is 6.97. The van der Waals surface area contributed by atoms with Crippen LogP contribution >= 0.6 is 11.6 Å². The number of amides is 1. The lowest BCUT2D eigenvalue weighted by Crippen LogP contribution is -2.22. The monoisotopic (exact) mass is 313 g/mol. The number of anilines is 2. The van der Waals surface area contributed by atoms with Crippen molar-refractivity contribution in [3.8, 4) is 6.07 Å². The van der Waals surface area contributed by atoms with Gasteiger partial charge in [-0.1, -0.05) is 29.8 Å². The summed E-state index contributed by atoms with van der Waals surface area (Å²) >= 11 is 6.17. The van der Waals surface area contributed by atoms with Crippen LogP contribution in [-0.2, 0) is 4.79 Å². The van der Waals surface area contributed by atoms with Gasteiger partial charge in [-0.05, 0) is 43.2 Å². The number of nitrogens with one attached hydrogen (secondary N) is 2. The van der Waals surface area contributed by atoms with Crippen molar-refractivity contribution in [2.75, 3.05) is 17.2 Å². The molecule has 2 aromatic rings. The molecule has 0 radical (unpaired) electrons. The number of nitrogens with zero attached hydrogens (tertiary/aromatic N) is 1. The molecule has 0 saturated carbocycles. The fraction of sp³-hybridized carbons (Fsp3) is 0.176. The number of benzene rings is 2. The van der Waals surface area contributed by atoms with Gasteiger partial charge in [0.1, 0.15) is 6.07 Å². The molecular weight excluding hydrogens is 298 g/mol. The quantitative estimate of drug-likeness (QED) is 0.900. The average molecular weight is 314 g/mol. The molecule has 0 saturated heterocycles. The van der Waals surface area contributed by atoms with Gasteiger partial charge in [-0.2, -0.15) is 5.26 Å². The van der Waals surface area contributed by atoms with Crippen molar-refractivity contribution in [3.63, 3.8) is 0 Å². The van der Waals surface area contributed by atoms with Gasteiger partial charge in [0.25, 0.3) is 0 Å². The van der Waals surface area contributed by atoms with Gasteiger partial charge in [-0.25, -0.2) is 0 Å². The molecule has 0 atom stereocenters. The van der Waals surface area contributed by atoms with E-state index in [4.69, 9.17) is 16.9 Å². The van der Waals surface area contributed by atoms with E-state index in [2.05, 4.69) is 16.7 Å². The lowest BCUT2D eigenvalue weighted by molar-refractivity contribution is -0.114. The molecule has 5 heteroatoms. The Kier molecular flexibility index (Phi) is 5.03. The summed E-state index contributed by atoms with van der Waals surface area (Å²) in [5.74, 6) is -0.221. The van der Waals surface area contributed by atoms with Crippen molar-refractivity contribution >= 4 is 28.9 Å². The van der Waals surface area contributed by atoms with Crippen LogP contribution in [0.15, 0.2) is 36.4 Å². The van der Waals surface area contributed by atoms with Crippen LogP contribution in [0.25, 0.3) is 0 Å². The van der Waals surface area contributed by atoms with Crippen LogP contribution in [0.4, 0.5) is 11.4 Å². The highest BCUT2D eigenvalue weighted by Gasteiger charge is 2.10. The van der Waals surface area contributed by atoms with Crippen molar-refractivity contribution < 1.29 is 4.79 Å². The molecule has 2 aromatic carbocycles. The zero-order chi connectivity index (χ0) is 16.1. The van der Waals surface area contributed by atoms with Gasteiger partial charge in [-0.3, -0.25) is 4.79 Å². The number of carbonyl (C=O) groups is 1. The number of hydrogen-bond donors (Lipinski definition) is 2. The molecular formula is C17H16ClN3O. The first-order valence-corrected chi connectivity index (χ1v) is 7.18. The Morgan fingerprint density at radius 2 is 2.00 bits per heavy atom. The molecule has 4 nitrogen and oxygen atoms in total. The van der Waals surface area contributed by atoms with Gasteiger partial charge in [0, 0.05) is 0 Å². The molecule has 2 N–H and O–H groups in total. The van der Waals surface area contributed by atoms with Crippen molar-refractivity contribution in [3.05, 3.63) is 58.1 Å². The van der Waals surface area contributed by atoms with Gasteiger partial charge >= 0.3 is 0 Å². The Bertz CT molecular complexity index is 727. The first-order chi connectivity index (χ1) is 10.5. The third-order valence-corrected chi connectivity index (χ3v) is 3.48. The molecule has 112 valence electrons. The Morgan fingerprint density at radius 3 is 2.68 bits per heavy atom. The van der Waals surface area contributed by atoms with E-state index in [0.29, 0.717) is 22.0 Å². The molecule has 0 unspecified atom stereocenters. The van der Waals surface area contributed by atoms with Gasteiger partial charge in [0.05, 0.1) is 28.5 Å². The summed E-state index contributed by atoms with van der Waals surface area (Å²) in [4.78, 5) is 12.1. The minimum Gasteiger partial charge on any atom is -0.375 e. The second-order valence-corrected chi connectivity index (χ2v) is 5.40. The minimum absolute atomic E-state index is 0.0579. The van der Waals surface area contributed by atoms with Crippen molar-refractivity contribution in [1.29, 1.82) is 5.26 Å². The van der Waals surface area contributed by atoms with E-state index in [0.717, 1.165) is 11.1 Å². The van der Waals surface area contributed by atoms with Crippen LogP contribution in [0.2, 0.25) is 5.02 Å². The highest BCUT2D eigenvalue weighted by molar-refractivity contribution is 6.34. The molecule has 0 fully saturated rings. The highest BCUT2D eigenvalue weighted by atomic mass is 35.5. The summed E-state index contributed by atoms with van der Waals surface area (Å²) in [6, 6.07) is 12.9. The molecule has 0 aliphatic rings. The number of halogens is 1. The van der Waals surface area contributed by atoms with Crippen LogP contribution in [0.1, 0.15) is 16.7 Å². The minimum atomic E-state index is -0.221. The van der Waals surface area contributed by atoms with Crippen LogP contribution in [0.3, 0.4) is 0 Å². The Morgan fingerprint density at radius 1 is 1.27 bits per heavy atom. The summed E-state index contributed by atoms with van der Waals surface area (Å²) < 4.78 is 0. The van der Waals surface area contributed by atoms with E-state index in [1.165, 1.54) is 0 Å². The summed E-state index contributed by atoms with van der Waals surface area (Å²) in [5.41, 5.74) is 3.71. The first-order valence-electron chi connectivity index (χ1n) is 6.81. The zero-order valence-electron chi connectivity index (χ0n) is 12.4. The van der Waals surface area contributed by atoms with E-state index in [9.17, 15) is 4.79 Å². The Hall–Kier alpha value is -2.51. The number of rotatable bonds is 4. The smallest absolute Gasteiger partial charge is 0.243 e. The summed E-state index contributed by atoms with van der Waals surface area (Å²) in [5, 5.41) is 15.3. The summed E-state index contributed by atoms with van der Waals surface area (Å²) in [7, 11) is 0. The topological polar surface area (TPSA) is 64.9 Å². The predicted octanol–water partition coefficient (Wildman–Crippen LogP) is 3.88. The van der Waals surface area contributed by atoms with E-state index in [1.54, 1.807) is 18.2 Å². The van der Waals surface area contributed by atoms with E-state index in [1.807, 2.05) is 32.0 Å². The highest BCUT2D eigenvalue weighted by Crippen LogP contribution is 2.27. The SMILES string of the molecule is Cc1cc(C)c(NC(=O)CNc2ccccc2C#N)c(Cl)c1. The predicted molar refractivity (Wildman–Crippen MR) is 89.2 cm³/mol. The largest absolute Gasteiger partial charge is 0.375 e. The molecule has 0 bridgehead atoms. The molecule has 2 rings (SSSR count). The third-order valence-electron chi connectivity index (χ3n) is 3.18. The molecule has 0 aliphatic heterocycles. The first kappa shape index (κ1) is 15.9. The number of para-hydroxylation sites is 1. The van der Waals surface area contributed by atoms with Crippen LogP contribution in [0, 0.1) is 25.2 Å². The third kappa shape index (κ3) is 3.78. The molecule has 0 aromatic heterocycles. The van der Waals surface area contributed by atoms with Gasteiger partial charge in [0.2, 0.25) is 5.91 Å². The zero-order valence-corrected chi connectivity index (χ0v) is 13.2. The molecule has 0 aliphatic carbocycles. The van der Waals surface area contributed by atoms with E-state index in [-0.39, 0.29) is 12.5 Å². The summed E-state index contributed by atoms with van der Waals surface area (Å²) in [6.07, 6.45) is 0. The number of nitriles is 1. The van der Waals surface area contributed by atoms with Gasteiger partial charge in [-0.15, -0.1) is 0 Å². The van der Waals surface area contributed by atoms with E-state index < -0.39 is 0 Å². The molecule has 22 heavy (non-hydrogen) atoms. The maximum Gasteiger partial charge on any atom is 0.243 e. The van der Waals surface area contributed by atoms with Crippen LogP contribution < -0.4 is 10.6 Å². The Balaban J connectivity index is 2.04. The molecule has 1 amide bonds. The Labute approximate surface area is 134 Å². The fourth-order valence-electron chi connectivity index (χ4n) is 2.17. The maximum absolute atomic E-state index is 12.1. The number of hydrogen-bond acceptors (Lipinski definition) is 3. The van der Waals surface area contributed by atoms with Crippen LogP contribution in [-0.4, -0.2) is 12.5 Å². The van der Waals surface area contributed by atoms with E-state index >= 15 is 0 Å². The lowest BCUT2D eigenvalue weighted by Gasteiger charge is -2.13. The van der Waals surface area contributed by atoms with Crippen molar-refractivity contribution in [2.24, 2.45) is 0 Å². The molecule has 0 heterocycles. The standard InChI is InChI=1S/C17H16ClN3O/c1-11-7-12(2)17(14(18)8-11)21-16(22)10-20-15-6-4-3-5-13(15)9-19/h3-8,20H,10H2,1-2H3,(H,21,22). The number of aryl methyl sites for hydroxylation is 2. The van der Waals surface area contributed by atoms with Gasteiger partial charge in [0.15, 0.2) is 0 Å². The van der Waals surface area contributed by atoms with Gasteiger partial charge < -0.3 is 10.6 Å².